The Balaban J connectivity index is 1.46. The quantitative estimate of drug-likeness (QED) is 0.395. The lowest BCUT2D eigenvalue weighted by Gasteiger charge is -2.24. The molecular weight excluding hydrogens is 454 g/mol. The van der Waals surface area contributed by atoms with E-state index in [4.69, 9.17) is 0 Å². The molecule has 1 aliphatic heterocycles. The number of amides is 2. The largest absolute Gasteiger partial charge is 0.392 e. The summed E-state index contributed by atoms with van der Waals surface area (Å²) in [5.41, 5.74) is 2.21. The van der Waals surface area contributed by atoms with Crippen molar-refractivity contribution < 1.29 is 14.7 Å². The van der Waals surface area contributed by atoms with Crippen molar-refractivity contribution >= 4 is 40.1 Å². The fourth-order valence-electron chi connectivity index (χ4n) is 4.26. The zero-order chi connectivity index (χ0) is 23.7. The minimum Gasteiger partial charge on any atom is -0.392 e. The van der Waals surface area contributed by atoms with Crippen LogP contribution in [-0.2, 0) is 17.9 Å². The third kappa shape index (κ3) is 4.11. The van der Waals surface area contributed by atoms with E-state index in [1.165, 1.54) is 23.7 Å². The van der Waals surface area contributed by atoms with Crippen molar-refractivity contribution in [1.29, 1.82) is 0 Å². The molecule has 0 unspecified atom stereocenters. The number of thiophene rings is 1. The molecule has 5 rings (SSSR count). The van der Waals surface area contributed by atoms with E-state index >= 15 is 0 Å². The van der Waals surface area contributed by atoms with E-state index in [1.54, 1.807) is 23.1 Å². The van der Waals surface area contributed by atoms with Gasteiger partial charge in [0.2, 0.25) is 11.9 Å². The summed E-state index contributed by atoms with van der Waals surface area (Å²) < 4.78 is 3.53. The first-order chi connectivity index (χ1) is 16.6. The maximum absolute atomic E-state index is 13.1. The topological polar surface area (TPSA) is 118 Å². The number of hydrogen-bond acceptors (Lipinski definition) is 7. The van der Waals surface area contributed by atoms with E-state index in [2.05, 4.69) is 27.0 Å². The lowest BCUT2D eigenvalue weighted by Crippen LogP contribution is -2.37. The number of aliphatic hydroxyl groups is 1. The molecule has 34 heavy (non-hydrogen) atoms. The molecule has 0 aliphatic carbocycles. The van der Waals surface area contributed by atoms with Gasteiger partial charge in [-0.05, 0) is 48.7 Å². The molecule has 10 nitrogen and oxygen atoms in total. The van der Waals surface area contributed by atoms with Gasteiger partial charge in [0.05, 0.1) is 28.6 Å². The number of fused-ring (bicyclic) bond motifs is 1. The van der Waals surface area contributed by atoms with Gasteiger partial charge in [-0.3, -0.25) is 14.9 Å². The van der Waals surface area contributed by atoms with Crippen molar-refractivity contribution in [2.45, 2.75) is 32.0 Å². The summed E-state index contributed by atoms with van der Waals surface area (Å²) in [4.78, 5) is 36.3. The van der Waals surface area contributed by atoms with Crippen LogP contribution in [0, 0.1) is 0 Å². The summed E-state index contributed by atoms with van der Waals surface area (Å²) in [5, 5.41) is 17.3. The number of aromatic nitrogens is 5. The standard InChI is InChI=1S/C23H23N7O3S/c1-2-20(32)28-9-3-4-16(28)11-29-18-6-5-15(12-31)10-17(18)26-23(29)27-22(33)19-7-8-21(34-19)30-14-24-13-25-30/h2,5-8,10,13-14,16,31H,1,3-4,9,11-12H2,(H,26,27,33)/t16-/m1/s1. The van der Waals surface area contributed by atoms with Crippen LogP contribution in [0.1, 0.15) is 28.1 Å². The maximum atomic E-state index is 13.1. The van der Waals surface area contributed by atoms with Gasteiger partial charge in [0.15, 0.2) is 0 Å². The van der Waals surface area contributed by atoms with E-state index in [0.717, 1.165) is 28.9 Å². The Hall–Kier alpha value is -3.83. The van der Waals surface area contributed by atoms with Crippen LogP contribution in [0.5, 0.6) is 0 Å². The Labute approximate surface area is 199 Å². The van der Waals surface area contributed by atoms with Gasteiger partial charge in [0, 0.05) is 13.1 Å². The molecule has 1 saturated heterocycles. The number of nitrogens with one attached hydrogen (secondary N) is 1. The molecule has 2 N–H and O–H groups in total. The van der Waals surface area contributed by atoms with Gasteiger partial charge in [-0.15, -0.1) is 11.3 Å². The van der Waals surface area contributed by atoms with E-state index in [9.17, 15) is 14.7 Å². The predicted octanol–water partition coefficient (Wildman–Crippen LogP) is 2.60. The minimum atomic E-state index is -0.291. The van der Waals surface area contributed by atoms with Crippen molar-refractivity contribution in [3.8, 4) is 5.00 Å². The van der Waals surface area contributed by atoms with Crippen LogP contribution in [0.15, 0.2) is 55.6 Å². The summed E-state index contributed by atoms with van der Waals surface area (Å²) in [6.45, 7) is 4.68. The molecule has 1 aliphatic rings. The van der Waals surface area contributed by atoms with Crippen LogP contribution in [0.3, 0.4) is 0 Å². The van der Waals surface area contributed by atoms with Gasteiger partial charge in [0.25, 0.3) is 5.91 Å². The fourth-order valence-corrected chi connectivity index (χ4v) is 5.08. The van der Waals surface area contributed by atoms with Crippen LogP contribution in [0.25, 0.3) is 16.0 Å². The molecule has 11 heteroatoms. The third-order valence-electron chi connectivity index (χ3n) is 5.91. The zero-order valence-corrected chi connectivity index (χ0v) is 19.1. The lowest BCUT2D eigenvalue weighted by molar-refractivity contribution is -0.126. The maximum Gasteiger partial charge on any atom is 0.268 e. The number of nitrogens with zero attached hydrogens (tertiary/aromatic N) is 6. The highest BCUT2D eigenvalue weighted by Crippen LogP contribution is 2.27. The van der Waals surface area contributed by atoms with Crippen molar-refractivity contribution in [3.05, 3.63) is 66.1 Å². The number of rotatable bonds is 7. The number of anilines is 1. The van der Waals surface area contributed by atoms with Crippen LogP contribution >= 0.6 is 11.3 Å². The van der Waals surface area contributed by atoms with Gasteiger partial charge in [-0.25, -0.2) is 14.6 Å². The Morgan fingerprint density at radius 2 is 2.18 bits per heavy atom. The number of benzene rings is 1. The van der Waals surface area contributed by atoms with Gasteiger partial charge in [0.1, 0.15) is 17.7 Å². The van der Waals surface area contributed by atoms with Crippen LogP contribution in [0.2, 0.25) is 0 Å². The van der Waals surface area contributed by atoms with E-state index in [-0.39, 0.29) is 24.5 Å². The van der Waals surface area contributed by atoms with Gasteiger partial charge < -0.3 is 14.6 Å². The van der Waals surface area contributed by atoms with E-state index in [0.29, 0.717) is 29.4 Å². The molecule has 1 aromatic carbocycles. The van der Waals surface area contributed by atoms with Crippen molar-refractivity contribution in [1.82, 2.24) is 29.2 Å². The molecule has 0 spiro atoms. The number of imidazole rings is 1. The molecule has 2 amide bonds. The first-order valence-electron chi connectivity index (χ1n) is 10.9. The van der Waals surface area contributed by atoms with Crippen molar-refractivity contribution in [2.75, 3.05) is 11.9 Å². The first-order valence-corrected chi connectivity index (χ1v) is 11.7. The molecule has 0 saturated carbocycles. The second-order valence-corrected chi connectivity index (χ2v) is 9.05. The third-order valence-corrected chi connectivity index (χ3v) is 6.98. The molecule has 1 fully saturated rings. The number of carbonyl (C=O) groups excluding carboxylic acids is 2. The van der Waals surface area contributed by atoms with E-state index in [1.807, 2.05) is 27.7 Å². The second-order valence-electron chi connectivity index (χ2n) is 7.99. The second kappa shape index (κ2) is 9.20. The lowest BCUT2D eigenvalue weighted by atomic mass is 10.2. The average Bonchev–Trinajstić information content (AvgIpc) is 3.65. The summed E-state index contributed by atoms with van der Waals surface area (Å²) in [5.74, 6) is 0.00347. The molecular formula is C23H23N7O3S. The molecule has 0 bridgehead atoms. The predicted molar refractivity (Wildman–Crippen MR) is 128 cm³/mol. The number of hydrogen-bond donors (Lipinski definition) is 2. The van der Waals surface area contributed by atoms with Crippen LogP contribution in [0.4, 0.5) is 5.95 Å². The van der Waals surface area contributed by atoms with Crippen LogP contribution in [-0.4, -0.2) is 58.7 Å². The van der Waals surface area contributed by atoms with Crippen molar-refractivity contribution in [2.24, 2.45) is 0 Å². The Kier molecular flexibility index (Phi) is 5.95. The average molecular weight is 478 g/mol. The monoisotopic (exact) mass is 477 g/mol. The number of carbonyl (C=O) groups is 2. The highest BCUT2D eigenvalue weighted by atomic mass is 32.1. The Bertz CT molecular complexity index is 1360. The summed E-state index contributed by atoms with van der Waals surface area (Å²) >= 11 is 1.29. The first kappa shape index (κ1) is 22.0. The zero-order valence-electron chi connectivity index (χ0n) is 18.3. The highest BCUT2D eigenvalue weighted by molar-refractivity contribution is 7.16. The Morgan fingerprint density at radius 1 is 1.29 bits per heavy atom. The summed E-state index contributed by atoms with van der Waals surface area (Å²) in [6, 6.07) is 9.02. The molecule has 174 valence electrons. The van der Waals surface area contributed by atoms with Gasteiger partial charge in [-0.2, -0.15) is 5.10 Å². The van der Waals surface area contributed by atoms with Crippen molar-refractivity contribution in [3.63, 3.8) is 0 Å². The molecule has 3 aromatic heterocycles. The molecule has 4 aromatic rings. The normalized spacial score (nSPS) is 15.7. The van der Waals surface area contributed by atoms with Gasteiger partial charge >= 0.3 is 0 Å². The smallest absolute Gasteiger partial charge is 0.268 e. The summed E-state index contributed by atoms with van der Waals surface area (Å²) in [7, 11) is 0. The van der Waals surface area contributed by atoms with Crippen LogP contribution < -0.4 is 5.32 Å². The SMILES string of the molecule is C=CC(=O)N1CCC[C@@H]1Cn1c(NC(=O)c2ccc(-n3cncn3)s2)nc2cc(CO)ccc21. The molecule has 4 heterocycles. The van der Waals surface area contributed by atoms with Gasteiger partial charge in [-0.1, -0.05) is 12.6 Å². The van der Waals surface area contributed by atoms with E-state index < -0.39 is 0 Å². The highest BCUT2D eigenvalue weighted by Gasteiger charge is 2.29. The number of aliphatic hydroxyl groups excluding tert-OH is 1. The fraction of sp³-hybridized carbons (Fsp3) is 0.261. The Morgan fingerprint density at radius 3 is 2.94 bits per heavy atom. The molecule has 1 atom stereocenters. The number of likely N-dealkylation sites (tertiary alicyclic amines) is 1. The summed E-state index contributed by atoms with van der Waals surface area (Å²) in [6.07, 6.45) is 6.11. The minimum absolute atomic E-state index is 0.0308. The molecule has 0 radical (unpaired) electrons.